The van der Waals surface area contributed by atoms with E-state index in [0.29, 0.717) is 25.7 Å². The third kappa shape index (κ3) is 2.84. The molecule has 21 heavy (non-hydrogen) atoms. The van der Waals surface area contributed by atoms with Crippen LogP contribution in [0.4, 0.5) is 27.6 Å². The Kier molecular flexibility index (Phi) is 4.70. The Morgan fingerprint density at radius 2 is 1.29 bits per heavy atom. The van der Waals surface area contributed by atoms with Crippen LogP contribution in [-0.4, -0.2) is 18.6 Å². The minimum Gasteiger partial charge on any atom is -0.364 e. The first-order valence-electron chi connectivity index (χ1n) is 6.92. The molecule has 0 aromatic heterocycles. The van der Waals surface area contributed by atoms with Gasteiger partial charge in [-0.25, -0.2) is 22.0 Å². The fraction of sp³-hybridized carbons (Fsp3) is 0.571. The highest BCUT2D eigenvalue weighted by molar-refractivity contribution is 5.51. The van der Waals surface area contributed by atoms with Gasteiger partial charge < -0.3 is 10.6 Å². The molecule has 0 atom stereocenters. The van der Waals surface area contributed by atoms with Crippen molar-refractivity contribution >= 4 is 5.69 Å². The van der Waals surface area contributed by atoms with Gasteiger partial charge in [-0.2, -0.15) is 0 Å². The molecule has 0 heterocycles. The summed E-state index contributed by atoms with van der Waals surface area (Å²) in [7, 11) is 0. The average Bonchev–Trinajstić information content (AvgIpc) is 2.49. The molecule has 0 amide bonds. The van der Waals surface area contributed by atoms with Gasteiger partial charge in [-0.15, -0.1) is 0 Å². The van der Waals surface area contributed by atoms with Crippen molar-refractivity contribution in [1.29, 1.82) is 0 Å². The summed E-state index contributed by atoms with van der Waals surface area (Å²) in [5.74, 6) is -9.49. The lowest BCUT2D eigenvalue weighted by atomic mass is 9.90. The van der Waals surface area contributed by atoms with Gasteiger partial charge in [0, 0.05) is 18.6 Å². The molecule has 1 aliphatic carbocycles. The first-order chi connectivity index (χ1) is 9.88. The minimum absolute atomic E-state index is 0.0244. The molecule has 2 rings (SSSR count). The van der Waals surface area contributed by atoms with Gasteiger partial charge in [0.05, 0.1) is 0 Å². The lowest BCUT2D eigenvalue weighted by Gasteiger charge is -2.37. The second kappa shape index (κ2) is 6.17. The summed E-state index contributed by atoms with van der Waals surface area (Å²) in [4.78, 5) is 1.25. The monoisotopic (exact) mass is 308 g/mol. The average molecular weight is 308 g/mol. The number of rotatable bonds is 3. The molecule has 118 valence electrons. The number of halogens is 5. The molecule has 0 radical (unpaired) electrons. The summed E-state index contributed by atoms with van der Waals surface area (Å²) >= 11 is 0. The molecule has 0 unspecified atom stereocenters. The Morgan fingerprint density at radius 3 is 1.71 bits per heavy atom. The maximum Gasteiger partial charge on any atom is 0.200 e. The standard InChI is InChI=1S/C14H17F5N2/c1-2-21(8-5-3-7(20)4-6-8)14-12(18)10(16)9(15)11(17)13(14)19/h7-8H,2-6,20H2,1H3. The van der Waals surface area contributed by atoms with E-state index in [9.17, 15) is 22.0 Å². The van der Waals surface area contributed by atoms with Gasteiger partial charge in [-0.05, 0) is 32.6 Å². The van der Waals surface area contributed by atoms with E-state index in [0.717, 1.165) is 0 Å². The molecule has 0 saturated heterocycles. The van der Waals surface area contributed by atoms with Crippen molar-refractivity contribution in [3.8, 4) is 0 Å². The molecular formula is C14H17F5N2. The SMILES string of the molecule is CCN(c1c(F)c(F)c(F)c(F)c1F)C1CCC(N)CC1. The van der Waals surface area contributed by atoms with Crippen LogP contribution in [0, 0.1) is 29.1 Å². The van der Waals surface area contributed by atoms with E-state index in [1.54, 1.807) is 6.92 Å². The molecule has 2 nitrogen and oxygen atoms in total. The maximum atomic E-state index is 13.9. The molecule has 1 aliphatic rings. The fourth-order valence-electron chi connectivity index (χ4n) is 2.86. The third-order valence-corrected chi connectivity index (χ3v) is 4.00. The predicted molar refractivity (Wildman–Crippen MR) is 69.5 cm³/mol. The molecule has 0 spiro atoms. The number of anilines is 1. The van der Waals surface area contributed by atoms with Crippen LogP contribution in [0.25, 0.3) is 0 Å². The van der Waals surface area contributed by atoms with Crippen LogP contribution in [0.5, 0.6) is 0 Å². The van der Waals surface area contributed by atoms with Gasteiger partial charge in [-0.3, -0.25) is 0 Å². The normalized spacial score (nSPS) is 22.4. The van der Waals surface area contributed by atoms with E-state index in [2.05, 4.69) is 0 Å². The van der Waals surface area contributed by atoms with Crippen LogP contribution in [0.2, 0.25) is 0 Å². The molecule has 2 N–H and O–H groups in total. The lowest BCUT2D eigenvalue weighted by Crippen LogP contribution is -2.42. The summed E-state index contributed by atoms with van der Waals surface area (Å²) < 4.78 is 67.5. The van der Waals surface area contributed by atoms with E-state index in [1.165, 1.54) is 4.90 Å². The van der Waals surface area contributed by atoms with Crippen LogP contribution >= 0.6 is 0 Å². The molecule has 1 aromatic rings. The van der Waals surface area contributed by atoms with E-state index >= 15 is 0 Å². The van der Waals surface area contributed by atoms with Crippen LogP contribution in [-0.2, 0) is 0 Å². The second-order valence-corrected chi connectivity index (χ2v) is 5.27. The van der Waals surface area contributed by atoms with E-state index < -0.39 is 34.8 Å². The highest BCUT2D eigenvalue weighted by atomic mass is 19.2. The summed E-state index contributed by atoms with van der Waals surface area (Å²) in [6.07, 6.45) is 2.45. The Balaban J connectivity index is 2.43. The Labute approximate surface area is 119 Å². The molecule has 7 heteroatoms. The van der Waals surface area contributed by atoms with Crippen LogP contribution < -0.4 is 10.6 Å². The quantitative estimate of drug-likeness (QED) is 0.526. The van der Waals surface area contributed by atoms with Crippen molar-refractivity contribution in [3.05, 3.63) is 29.1 Å². The summed E-state index contributed by atoms with van der Waals surface area (Å²) in [6.45, 7) is 1.77. The van der Waals surface area contributed by atoms with E-state index in [1.807, 2.05) is 0 Å². The lowest BCUT2D eigenvalue weighted by molar-refractivity contribution is 0.355. The summed E-state index contributed by atoms with van der Waals surface area (Å²) in [5, 5.41) is 0. The maximum absolute atomic E-state index is 13.9. The van der Waals surface area contributed by atoms with E-state index in [-0.39, 0.29) is 18.6 Å². The number of nitrogens with two attached hydrogens (primary N) is 1. The summed E-state index contributed by atoms with van der Waals surface area (Å²) in [6, 6.07) is -0.251. The third-order valence-electron chi connectivity index (χ3n) is 4.00. The Morgan fingerprint density at radius 1 is 0.857 bits per heavy atom. The zero-order chi connectivity index (χ0) is 15.7. The molecular weight excluding hydrogens is 291 g/mol. The number of hydrogen-bond donors (Lipinski definition) is 1. The zero-order valence-corrected chi connectivity index (χ0v) is 11.6. The first kappa shape index (κ1) is 16.0. The van der Waals surface area contributed by atoms with Crippen molar-refractivity contribution in [1.82, 2.24) is 0 Å². The van der Waals surface area contributed by atoms with E-state index in [4.69, 9.17) is 5.73 Å². The van der Waals surface area contributed by atoms with Gasteiger partial charge in [0.2, 0.25) is 5.82 Å². The zero-order valence-electron chi connectivity index (χ0n) is 11.6. The van der Waals surface area contributed by atoms with Gasteiger partial charge in [0.25, 0.3) is 0 Å². The minimum atomic E-state index is -2.13. The van der Waals surface area contributed by atoms with Crippen LogP contribution in [0.3, 0.4) is 0 Å². The van der Waals surface area contributed by atoms with Crippen molar-refractivity contribution in [2.24, 2.45) is 5.73 Å². The topological polar surface area (TPSA) is 29.3 Å². The highest BCUT2D eigenvalue weighted by Gasteiger charge is 2.32. The Bertz CT molecular complexity index is 498. The molecule has 1 saturated carbocycles. The van der Waals surface area contributed by atoms with Crippen LogP contribution in [0.15, 0.2) is 0 Å². The van der Waals surface area contributed by atoms with Crippen molar-refractivity contribution in [2.75, 3.05) is 11.4 Å². The smallest absolute Gasteiger partial charge is 0.200 e. The van der Waals surface area contributed by atoms with Crippen molar-refractivity contribution < 1.29 is 22.0 Å². The largest absolute Gasteiger partial charge is 0.364 e. The van der Waals surface area contributed by atoms with Crippen molar-refractivity contribution in [3.63, 3.8) is 0 Å². The Hall–Kier alpha value is -1.37. The fourth-order valence-corrected chi connectivity index (χ4v) is 2.86. The number of benzene rings is 1. The molecule has 1 fully saturated rings. The van der Waals surface area contributed by atoms with Crippen LogP contribution in [0.1, 0.15) is 32.6 Å². The predicted octanol–water partition coefficient (Wildman–Crippen LogP) is 3.48. The van der Waals surface area contributed by atoms with Gasteiger partial charge in [0.1, 0.15) is 5.69 Å². The molecule has 0 bridgehead atoms. The second-order valence-electron chi connectivity index (χ2n) is 5.27. The first-order valence-corrected chi connectivity index (χ1v) is 6.92. The summed E-state index contributed by atoms with van der Waals surface area (Å²) in [5.41, 5.74) is 4.93. The van der Waals surface area contributed by atoms with Gasteiger partial charge in [0.15, 0.2) is 23.3 Å². The highest BCUT2D eigenvalue weighted by Crippen LogP contribution is 2.34. The molecule has 1 aromatic carbocycles. The van der Waals surface area contributed by atoms with Gasteiger partial charge in [-0.1, -0.05) is 0 Å². The molecule has 0 aliphatic heterocycles. The van der Waals surface area contributed by atoms with Gasteiger partial charge >= 0.3 is 0 Å². The number of nitrogens with zero attached hydrogens (tertiary/aromatic N) is 1. The number of hydrogen-bond acceptors (Lipinski definition) is 2. The van der Waals surface area contributed by atoms with Crippen molar-refractivity contribution in [2.45, 2.75) is 44.7 Å².